The van der Waals surface area contributed by atoms with Crippen LogP contribution in [0.4, 0.5) is 23.2 Å². The average Bonchev–Trinajstić information content (AvgIpc) is 2.90. The number of aromatic nitrogens is 1. The molecule has 1 amide bonds. The molecule has 0 aliphatic carbocycles. The second kappa shape index (κ2) is 13.7. The van der Waals surface area contributed by atoms with E-state index in [0.717, 1.165) is 49.6 Å². The first-order valence-corrected chi connectivity index (χ1v) is 13.6. The molecular weight excluding hydrogens is 550 g/mol. The van der Waals surface area contributed by atoms with Crippen molar-refractivity contribution in [1.82, 2.24) is 4.98 Å². The molecule has 0 saturated heterocycles. The molecule has 0 spiro atoms. The van der Waals surface area contributed by atoms with Crippen molar-refractivity contribution in [3.05, 3.63) is 88.4 Å². The van der Waals surface area contributed by atoms with Gasteiger partial charge in [0.2, 0.25) is 11.8 Å². The molecule has 0 aliphatic heterocycles. The molecule has 2 aromatic carbocycles. The Morgan fingerprint density at radius 1 is 1.10 bits per heavy atom. The zero-order chi connectivity index (χ0) is 29.4. The number of alkyl halides is 3. The number of nitrogens with zero attached hydrogens (tertiary/aromatic N) is 2. The summed E-state index contributed by atoms with van der Waals surface area (Å²) in [5.41, 5.74) is 6.63. The summed E-state index contributed by atoms with van der Waals surface area (Å²) in [4.78, 5) is 15.9. The van der Waals surface area contributed by atoms with Crippen LogP contribution in [0.1, 0.15) is 60.1 Å². The highest BCUT2D eigenvalue weighted by Gasteiger charge is 2.33. The second-order valence-corrected chi connectivity index (χ2v) is 10.3. The minimum atomic E-state index is -4.69. The van der Waals surface area contributed by atoms with Crippen LogP contribution >= 0.6 is 0 Å². The third-order valence-corrected chi connectivity index (χ3v) is 7.07. The number of unbranched alkanes of at least 4 members (excludes halogenated alkanes) is 1. The van der Waals surface area contributed by atoms with E-state index in [9.17, 15) is 31.1 Å². The van der Waals surface area contributed by atoms with Crippen molar-refractivity contribution in [2.24, 2.45) is 5.73 Å². The molecule has 216 valence electrons. The molecule has 0 aliphatic rings. The van der Waals surface area contributed by atoms with Gasteiger partial charge in [-0.2, -0.15) is 13.2 Å². The fraction of sp³-hybridized carbons (Fsp3) is 0.357. The van der Waals surface area contributed by atoms with Crippen LogP contribution < -0.4 is 14.8 Å². The number of benzene rings is 2. The average molecular weight is 581 g/mol. The van der Waals surface area contributed by atoms with Crippen LogP contribution in [0.2, 0.25) is 0 Å². The summed E-state index contributed by atoms with van der Waals surface area (Å²) in [6.45, 7) is 2.08. The lowest BCUT2D eigenvalue weighted by Gasteiger charge is -2.23. The van der Waals surface area contributed by atoms with Crippen molar-refractivity contribution >= 4 is 22.9 Å². The Morgan fingerprint density at radius 2 is 1.77 bits per heavy atom. The van der Waals surface area contributed by atoms with Crippen LogP contribution in [0, 0.1) is 5.82 Å². The van der Waals surface area contributed by atoms with Gasteiger partial charge in [-0.15, -0.1) is 0 Å². The van der Waals surface area contributed by atoms with Crippen molar-refractivity contribution in [2.75, 3.05) is 11.4 Å². The fourth-order valence-corrected chi connectivity index (χ4v) is 4.43. The molecular formula is C28H30F4N3O4S-. The van der Waals surface area contributed by atoms with E-state index in [0.29, 0.717) is 9.87 Å². The topological polar surface area (TPSA) is 109 Å². The maximum absolute atomic E-state index is 14.6. The van der Waals surface area contributed by atoms with Crippen LogP contribution in [0.15, 0.2) is 54.6 Å². The number of aryl methyl sites for hydroxylation is 2. The summed E-state index contributed by atoms with van der Waals surface area (Å²) in [5, 5.41) is 0. The first-order chi connectivity index (χ1) is 18.9. The minimum absolute atomic E-state index is 0.0180. The third kappa shape index (κ3) is 8.25. The summed E-state index contributed by atoms with van der Waals surface area (Å²) in [6, 6.07) is 13.3. The second-order valence-electron chi connectivity index (χ2n) is 9.29. The third-order valence-electron chi connectivity index (χ3n) is 6.43. The van der Waals surface area contributed by atoms with Gasteiger partial charge in [0.15, 0.2) is 0 Å². The number of primary amides is 1. The largest absolute Gasteiger partial charge is 0.755 e. The van der Waals surface area contributed by atoms with Gasteiger partial charge in [0.05, 0.1) is 11.6 Å². The Hall–Kier alpha value is -3.51. The van der Waals surface area contributed by atoms with Gasteiger partial charge in [-0.05, 0) is 60.6 Å². The quantitative estimate of drug-likeness (QED) is 0.209. The van der Waals surface area contributed by atoms with Gasteiger partial charge in [0.25, 0.3) is 0 Å². The van der Waals surface area contributed by atoms with Crippen LogP contribution in [-0.2, 0) is 41.7 Å². The zero-order valence-corrected chi connectivity index (χ0v) is 22.9. The molecule has 2 atom stereocenters. The van der Waals surface area contributed by atoms with E-state index in [1.165, 1.54) is 18.2 Å². The van der Waals surface area contributed by atoms with Crippen LogP contribution in [0.25, 0.3) is 0 Å². The number of carbonyl (C=O) groups excluding carboxylic acids is 1. The van der Waals surface area contributed by atoms with Gasteiger partial charge in [0, 0.05) is 23.9 Å². The van der Waals surface area contributed by atoms with E-state index in [-0.39, 0.29) is 36.6 Å². The van der Waals surface area contributed by atoms with E-state index in [1.54, 1.807) is 0 Å². The molecule has 3 rings (SSSR count). The monoisotopic (exact) mass is 580 g/mol. The molecule has 1 aromatic heterocycles. The number of ether oxygens (including phenoxy) is 1. The molecule has 0 radical (unpaired) electrons. The van der Waals surface area contributed by atoms with Crippen molar-refractivity contribution in [3.63, 3.8) is 0 Å². The number of hydrogen-bond acceptors (Lipinski definition) is 5. The van der Waals surface area contributed by atoms with Gasteiger partial charge in [0.1, 0.15) is 18.1 Å². The number of amides is 1. The van der Waals surface area contributed by atoms with E-state index in [2.05, 4.69) is 11.9 Å². The lowest BCUT2D eigenvalue weighted by molar-refractivity contribution is -0.141. The maximum Gasteiger partial charge on any atom is 0.433 e. The molecule has 2 N–H and O–H groups in total. The number of hydrogen-bond donors (Lipinski definition) is 1. The standard InChI is InChI=1S/C28H31F4N3O4S/c1-3-4-5-18-6-8-19(9-7-18)17-39-27-20(12-15-25(34-27)28(30,31)32)10-13-22(26(33)36)21-11-14-24(23(29)16-21)35(2)40(37)38/h6-9,11-12,14-16,22H,3-5,10,13,17H2,1-2H3,(H2,33,36)(H,37,38)/p-1. The number of nitrogens with two attached hydrogens (primary N) is 1. The Morgan fingerprint density at radius 3 is 2.35 bits per heavy atom. The fourth-order valence-electron chi connectivity index (χ4n) is 4.13. The van der Waals surface area contributed by atoms with Crippen LogP contribution in [0.5, 0.6) is 5.88 Å². The molecule has 0 fully saturated rings. The Labute approximate surface area is 232 Å². The lowest BCUT2D eigenvalue weighted by Crippen LogP contribution is -2.23. The molecule has 3 aromatic rings. The first kappa shape index (κ1) is 31.0. The summed E-state index contributed by atoms with van der Waals surface area (Å²) >= 11 is -2.71. The van der Waals surface area contributed by atoms with E-state index in [4.69, 9.17) is 10.5 Å². The van der Waals surface area contributed by atoms with Crippen LogP contribution in [-0.4, -0.2) is 26.7 Å². The molecule has 40 heavy (non-hydrogen) atoms. The maximum atomic E-state index is 14.6. The van der Waals surface area contributed by atoms with Crippen molar-refractivity contribution in [2.45, 2.75) is 57.7 Å². The number of carbonyl (C=O) groups is 1. The predicted octanol–water partition coefficient (Wildman–Crippen LogP) is 5.59. The summed E-state index contributed by atoms with van der Waals surface area (Å²) in [6.07, 6.45) is -1.57. The molecule has 0 bridgehead atoms. The first-order valence-electron chi connectivity index (χ1n) is 12.6. The molecule has 2 unspecified atom stereocenters. The summed E-state index contributed by atoms with van der Waals surface area (Å²) in [7, 11) is 1.16. The Kier molecular flexibility index (Phi) is 10.6. The number of pyridine rings is 1. The van der Waals surface area contributed by atoms with E-state index < -0.39 is 40.8 Å². The highest BCUT2D eigenvalue weighted by atomic mass is 32.2. The SMILES string of the molecule is CCCCc1ccc(COc2nc(C(F)(F)F)ccc2CCC(C(N)=O)c2ccc(N(C)S(=O)[O-])c(F)c2)cc1. The molecule has 0 saturated carbocycles. The van der Waals surface area contributed by atoms with Gasteiger partial charge in [-0.3, -0.25) is 9.00 Å². The minimum Gasteiger partial charge on any atom is -0.755 e. The van der Waals surface area contributed by atoms with Gasteiger partial charge < -0.3 is 19.3 Å². The van der Waals surface area contributed by atoms with Crippen LogP contribution in [0.3, 0.4) is 0 Å². The Bertz CT molecular complexity index is 1340. The van der Waals surface area contributed by atoms with Gasteiger partial charge >= 0.3 is 6.18 Å². The van der Waals surface area contributed by atoms with Gasteiger partial charge in [-0.1, -0.05) is 49.7 Å². The van der Waals surface area contributed by atoms with Gasteiger partial charge in [-0.25, -0.2) is 9.37 Å². The number of anilines is 1. The predicted molar refractivity (Wildman–Crippen MR) is 143 cm³/mol. The van der Waals surface area contributed by atoms with E-state index in [1.807, 2.05) is 24.3 Å². The normalized spacial score (nSPS) is 13.1. The summed E-state index contributed by atoms with van der Waals surface area (Å²) < 4.78 is 83.4. The number of halogens is 4. The van der Waals surface area contributed by atoms with E-state index >= 15 is 0 Å². The number of rotatable bonds is 13. The highest BCUT2D eigenvalue weighted by molar-refractivity contribution is 7.80. The zero-order valence-electron chi connectivity index (χ0n) is 22.0. The Balaban J connectivity index is 1.81. The summed E-state index contributed by atoms with van der Waals surface area (Å²) in [5.74, 6) is -2.89. The molecule has 1 heterocycles. The van der Waals surface area contributed by atoms with Crippen molar-refractivity contribution < 1.29 is 35.9 Å². The van der Waals surface area contributed by atoms with Crippen molar-refractivity contribution in [3.8, 4) is 5.88 Å². The molecule has 7 nitrogen and oxygen atoms in total. The molecule has 12 heteroatoms. The smallest absolute Gasteiger partial charge is 0.433 e. The van der Waals surface area contributed by atoms with Crippen molar-refractivity contribution in [1.29, 1.82) is 0 Å². The lowest BCUT2D eigenvalue weighted by atomic mass is 9.91. The highest BCUT2D eigenvalue weighted by Crippen LogP contribution is 2.33.